The van der Waals surface area contributed by atoms with Crippen molar-refractivity contribution in [1.29, 1.82) is 0 Å². The zero-order valence-corrected chi connectivity index (χ0v) is 13.4. The molecular weight excluding hydrogens is 276 g/mol. The van der Waals surface area contributed by atoms with E-state index in [1.165, 1.54) is 0 Å². The lowest BCUT2D eigenvalue weighted by Crippen LogP contribution is -2.09. The third-order valence-corrected chi connectivity index (χ3v) is 3.57. The molecule has 0 aliphatic heterocycles. The van der Waals surface area contributed by atoms with E-state index >= 15 is 0 Å². The molecule has 2 rings (SSSR count). The molecule has 0 heterocycles. The summed E-state index contributed by atoms with van der Waals surface area (Å²) in [4.78, 5) is 12.0. The molecule has 22 heavy (non-hydrogen) atoms. The lowest BCUT2D eigenvalue weighted by molar-refractivity contribution is -0.136. The van der Waals surface area contributed by atoms with Crippen LogP contribution in [0.1, 0.15) is 25.8 Å². The zero-order chi connectivity index (χ0) is 16.1. The second-order valence-corrected chi connectivity index (χ2v) is 5.72. The molecule has 0 saturated heterocycles. The molecule has 0 unspecified atom stereocenters. The summed E-state index contributed by atoms with van der Waals surface area (Å²) < 4.78 is 10.5. The SMILES string of the molecule is C=C(C(=O)OCCC(C)C)c1ccc2cc(OC)ccc2c1. The van der Waals surface area contributed by atoms with Crippen LogP contribution < -0.4 is 4.74 Å². The molecule has 0 aliphatic rings. The van der Waals surface area contributed by atoms with Crippen molar-refractivity contribution in [2.45, 2.75) is 20.3 Å². The molecular formula is C19H22O3. The van der Waals surface area contributed by atoms with Gasteiger partial charge in [-0.15, -0.1) is 0 Å². The molecule has 2 aromatic carbocycles. The molecule has 3 nitrogen and oxygen atoms in total. The zero-order valence-electron chi connectivity index (χ0n) is 13.4. The molecule has 0 aliphatic carbocycles. The third-order valence-electron chi connectivity index (χ3n) is 3.57. The van der Waals surface area contributed by atoms with Gasteiger partial charge in [-0.1, -0.05) is 38.6 Å². The number of carbonyl (C=O) groups excluding carboxylic acids is 1. The van der Waals surface area contributed by atoms with Crippen LogP contribution in [-0.2, 0) is 9.53 Å². The van der Waals surface area contributed by atoms with Crippen LogP contribution in [0.4, 0.5) is 0 Å². The highest BCUT2D eigenvalue weighted by molar-refractivity contribution is 6.16. The van der Waals surface area contributed by atoms with Crippen molar-refractivity contribution in [2.24, 2.45) is 5.92 Å². The predicted octanol–water partition coefficient (Wildman–Crippen LogP) is 4.45. The summed E-state index contributed by atoms with van der Waals surface area (Å²) >= 11 is 0. The molecule has 3 heteroatoms. The fraction of sp³-hybridized carbons (Fsp3) is 0.316. The molecule has 0 aromatic heterocycles. The van der Waals surface area contributed by atoms with Crippen LogP contribution >= 0.6 is 0 Å². The molecule has 0 N–H and O–H groups in total. The van der Waals surface area contributed by atoms with Crippen molar-refractivity contribution in [3.8, 4) is 5.75 Å². The van der Waals surface area contributed by atoms with Crippen LogP contribution in [0.25, 0.3) is 16.3 Å². The number of ether oxygens (including phenoxy) is 2. The number of benzene rings is 2. The van der Waals surface area contributed by atoms with E-state index in [0.29, 0.717) is 18.1 Å². The quantitative estimate of drug-likeness (QED) is 0.584. The van der Waals surface area contributed by atoms with E-state index in [9.17, 15) is 4.79 Å². The normalized spacial score (nSPS) is 10.7. The Morgan fingerprint density at radius 2 is 1.82 bits per heavy atom. The molecule has 0 saturated carbocycles. The topological polar surface area (TPSA) is 35.5 Å². The summed E-state index contributed by atoms with van der Waals surface area (Å²) in [6, 6.07) is 11.6. The number of hydrogen-bond acceptors (Lipinski definition) is 3. The molecule has 0 atom stereocenters. The van der Waals surface area contributed by atoms with Crippen LogP contribution in [0.3, 0.4) is 0 Å². The fourth-order valence-corrected chi connectivity index (χ4v) is 2.13. The van der Waals surface area contributed by atoms with Gasteiger partial charge in [0.15, 0.2) is 0 Å². The molecule has 0 fully saturated rings. The minimum absolute atomic E-state index is 0.353. The number of esters is 1. The predicted molar refractivity (Wildman–Crippen MR) is 89.9 cm³/mol. The number of carbonyl (C=O) groups is 1. The lowest BCUT2D eigenvalue weighted by atomic mass is 10.0. The maximum atomic E-state index is 12.0. The van der Waals surface area contributed by atoms with Gasteiger partial charge in [0.2, 0.25) is 0 Å². The van der Waals surface area contributed by atoms with Crippen molar-refractivity contribution in [2.75, 3.05) is 13.7 Å². The minimum Gasteiger partial charge on any atom is -0.497 e. The Labute approximate surface area is 131 Å². The van der Waals surface area contributed by atoms with E-state index in [2.05, 4.69) is 20.4 Å². The number of rotatable bonds is 6. The summed E-state index contributed by atoms with van der Waals surface area (Å²) in [7, 11) is 1.64. The van der Waals surface area contributed by atoms with E-state index in [0.717, 1.165) is 28.5 Å². The van der Waals surface area contributed by atoms with E-state index in [1.807, 2.05) is 36.4 Å². The van der Waals surface area contributed by atoms with Crippen molar-refractivity contribution >= 4 is 22.3 Å². The summed E-state index contributed by atoms with van der Waals surface area (Å²) in [5, 5.41) is 2.10. The highest BCUT2D eigenvalue weighted by Gasteiger charge is 2.12. The van der Waals surface area contributed by atoms with E-state index in [-0.39, 0.29) is 5.97 Å². The van der Waals surface area contributed by atoms with Crippen molar-refractivity contribution < 1.29 is 14.3 Å². The first-order valence-electron chi connectivity index (χ1n) is 7.45. The van der Waals surface area contributed by atoms with Crippen LogP contribution in [0, 0.1) is 5.92 Å². The first-order valence-corrected chi connectivity index (χ1v) is 7.45. The van der Waals surface area contributed by atoms with Gasteiger partial charge in [-0.3, -0.25) is 0 Å². The maximum absolute atomic E-state index is 12.0. The van der Waals surface area contributed by atoms with Crippen LogP contribution in [-0.4, -0.2) is 19.7 Å². The summed E-state index contributed by atoms with van der Waals surface area (Å²) in [6.45, 7) is 8.49. The van der Waals surface area contributed by atoms with Gasteiger partial charge in [0, 0.05) is 0 Å². The second-order valence-electron chi connectivity index (χ2n) is 5.72. The van der Waals surface area contributed by atoms with Gasteiger partial charge in [0.25, 0.3) is 0 Å². The standard InChI is InChI=1S/C19H22O3/c1-13(2)9-10-22-19(20)14(3)15-5-6-17-12-18(21-4)8-7-16(17)11-15/h5-8,11-13H,3,9-10H2,1-2,4H3. The van der Waals surface area contributed by atoms with E-state index in [4.69, 9.17) is 9.47 Å². The largest absolute Gasteiger partial charge is 0.497 e. The molecule has 0 radical (unpaired) electrons. The molecule has 0 amide bonds. The van der Waals surface area contributed by atoms with Gasteiger partial charge in [-0.2, -0.15) is 0 Å². The van der Waals surface area contributed by atoms with E-state index in [1.54, 1.807) is 7.11 Å². The van der Waals surface area contributed by atoms with Gasteiger partial charge in [-0.05, 0) is 46.9 Å². The Bertz CT molecular complexity index is 686. The van der Waals surface area contributed by atoms with Crippen molar-refractivity contribution in [3.63, 3.8) is 0 Å². The Balaban J connectivity index is 2.12. The molecule has 0 bridgehead atoms. The van der Waals surface area contributed by atoms with E-state index < -0.39 is 0 Å². The molecule has 0 spiro atoms. The third kappa shape index (κ3) is 3.88. The smallest absolute Gasteiger partial charge is 0.338 e. The Hall–Kier alpha value is -2.29. The summed E-state index contributed by atoms with van der Waals surface area (Å²) in [6.07, 6.45) is 0.858. The van der Waals surface area contributed by atoms with Crippen LogP contribution in [0.15, 0.2) is 43.0 Å². The van der Waals surface area contributed by atoms with Crippen LogP contribution in [0.5, 0.6) is 5.75 Å². The van der Waals surface area contributed by atoms with Gasteiger partial charge in [0.05, 0.1) is 19.3 Å². The van der Waals surface area contributed by atoms with Gasteiger partial charge in [-0.25, -0.2) is 4.79 Å². The minimum atomic E-state index is -0.353. The summed E-state index contributed by atoms with van der Waals surface area (Å²) in [5.41, 5.74) is 1.17. The average molecular weight is 298 g/mol. The first kappa shape index (κ1) is 16.1. The van der Waals surface area contributed by atoms with Crippen molar-refractivity contribution in [3.05, 3.63) is 48.5 Å². The number of fused-ring (bicyclic) bond motifs is 1. The highest BCUT2D eigenvalue weighted by atomic mass is 16.5. The Morgan fingerprint density at radius 1 is 1.14 bits per heavy atom. The van der Waals surface area contributed by atoms with Gasteiger partial charge in [0.1, 0.15) is 5.75 Å². The summed E-state index contributed by atoms with van der Waals surface area (Å²) in [5.74, 6) is 0.970. The molecule has 116 valence electrons. The second kappa shape index (κ2) is 7.12. The Kier molecular flexibility index (Phi) is 5.21. The van der Waals surface area contributed by atoms with Gasteiger partial charge >= 0.3 is 5.97 Å². The Morgan fingerprint density at radius 3 is 2.50 bits per heavy atom. The first-order chi connectivity index (χ1) is 10.5. The average Bonchev–Trinajstić information content (AvgIpc) is 2.52. The maximum Gasteiger partial charge on any atom is 0.338 e. The number of methoxy groups -OCH3 is 1. The fourth-order valence-electron chi connectivity index (χ4n) is 2.13. The lowest BCUT2D eigenvalue weighted by Gasteiger charge is -2.10. The highest BCUT2D eigenvalue weighted by Crippen LogP contribution is 2.24. The monoisotopic (exact) mass is 298 g/mol. The van der Waals surface area contributed by atoms with Crippen molar-refractivity contribution in [1.82, 2.24) is 0 Å². The number of hydrogen-bond donors (Lipinski definition) is 0. The van der Waals surface area contributed by atoms with Crippen LogP contribution in [0.2, 0.25) is 0 Å². The molecule has 2 aromatic rings. The van der Waals surface area contributed by atoms with Gasteiger partial charge < -0.3 is 9.47 Å².